The smallest absolute Gasteiger partial charge is 0.222 e. The zero-order chi connectivity index (χ0) is 21.1. The number of nitrogens with one attached hydrogen (secondary N) is 1. The molecule has 7 nitrogen and oxygen atoms in total. The summed E-state index contributed by atoms with van der Waals surface area (Å²) in [4.78, 5) is 24.1. The summed E-state index contributed by atoms with van der Waals surface area (Å²) in [7, 11) is 0. The molecule has 2 heterocycles. The highest BCUT2D eigenvalue weighted by Gasteiger charge is 2.41. The summed E-state index contributed by atoms with van der Waals surface area (Å²) in [5.41, 5.74) is 7.20. The molecule has 2 aromatic heterocycles. The number of carbonyl (C=O) groups excluding carboxylic acids is 1. The first kappa shape index (κ1) is 19.8. The Labute approximate surface area is 173 Å². The predicted molar refractivity (Wildman–Crippen MR) is 110 cm³/mol. The van der Waals surface area contributed by atoms with Crippen LogP contribution in [0.1, 0.15) is 30.5 Å². The van der Waals surface area contributed by atoms with Gasteiger partial charge in [-0.05, 0) is 42.7 Å². The van der Waals surface area contributed by atoms with Gasteiger partial charge >= 0.3 is 0 Å². The van der Waals surface area contributed by atoms with Crippen molar-refractivity contribution < 1.29 is 14.3 Å². The lowest BCUT2D eigenvalue weighted by Crippen LogP contribution is -2.42. The Morgan fingerprint density at radius 3 is 2.60 bits per heavy atom. The number of nitrogens with zero attached hydrogens (tertiary/aromatic N) is 3. The summed E-state index contributed by atoms with van der Waals surface area (Å²) in [6.45, 7) is 0.486. The van der Waals surface area contributed by atoms with Crippen LogP contribution < -0.4 is 11.1 Å². The zero-order valence-electron chi connectivity index (χ0n) is 16.3. The van der Waals surface area contributed by atoms with Crippen LogP contribution in [0.2, 0.25) is 0 Å². The Hall–Kier alpha value is -3.55. The Balaban J connectivity index is 1.49. The van der Waals surface area contributed by atoms with Crippen molar-refractivity contribution in [3.63, 3.8) is 0 Å². The number of carbonyl (C=O) groups is 1. The van der Waals surface area contributed by atoms with Gasteiger partial charge in [0.15, 0.2) is 0 Å². The zero-order valence-corrected chi connectivity index (χ0v) is 16.3. The summed E-state index contributed by atoms with van der Waals surface area (Å²) in [6.07, 6.45) is 7.61. The molecular weight excluding hydrogens is 385 g/mol. The monoisotopic (exact) mass is 407 g/mol. The number of hydrogen-bond acceptors (Lipinski definition) is 6. The van der Waals surface area contributed by atoms with Gasteiger partial charge in [0.05, 0.1) is 12.1 Å². The highest BCUT2D eigenvalue weighted by atomic mass is 19.1. The standard InChI is InChI=1S/C22H22FN5O2/c23-17-3-1-8-25-20(17)22(6-2-7-22)13-28-21-26-11-15(12-27-21)16-9-14(10-19(24)30)4-5-18(16)29/h1,3-5,8-9,11-12,29H,2,6-7,10,13H2,(H2,24,30)(H,26,27,28). The maximum atomic E-state index is 14.2. The molecule has 4 N–H and O–H groups in total. The minimum absolute atomic E-state index is 0.0616. The Bertz CT molecular complexity index is 1070. The largest absolute Gasteiger partial charge is 0.507 e. The highest BCUT2D eigenvalue weighted by Crippen LogP contribution is 2.43. The molecule has 0 bridgehead atoms. The van der Waals surface area contributed by atoms with Crippen LogP contribution in [0.4, 0.5) is 10.3 Å². The highest BCUT2D eigenvalue weighted by molar-refractivity contribution is 5.78. The van der Waals surface area contributed by atoms with E-state index < -0.39 is 5.91 Å². The molecule has 1 fully saturated rings. The molecule has 0 spiro atoms. The van der Waals surface area contributed by atoms with E-state index in [9.17, 15) is 14.3 Å². The third-order valence-corrected chi connectivity index (χ3v) is 5.56. The van der Waals surface area contributed by atoms with Crippen LogP contribution in [0, 0.1) is 5.82 Å². The van der Waals surface area contributed by atoms with E-state index in [0.717, 1.165) is 19.3 Å². The number of primary amides is 1. The van der Waals surface area contributed by atoms with E-state index in [1.807, 2.05) is 0 Å². The maximum Gasteiger partial charge on any atom is 0.222 e. The molecule has 0 unspecified atom stereocenters. The van der Waals surface area contributed by atoms with Gasteiger partial charge in [-0.1, -0.05) is 12.5 Å². The quantitative estimate of drug-likeness (QED) is 0.555. The minimum atomic E-state index is -0.447. The first-order valence-corrected chi connectivity index (χ1v) is 9.74. The fourth-order valence-electron chi connectivity index (χ4n) is 3.81. The van der Waals surface area contributed by atoms with Crippen LogP contribution >= 0.6 is 0 Å². The number of amides is 1. The SMILES string of the molecule is NC(=O)Cc1ccc(O)c(-c2cnc(NCC3(c4ncccc4F)CCC3)nc2)c1. The van der Waals surface area contributed by atoms with Crippen LogP contribution in [-0.2, 0) is 16.6 Å². The topological polar surface area (TPSA) is 114 Å². The lowest BCUT2D eigenvalue weighted by atomic mass is 9.66. The molecule has 1 aliphatic rings. The fourth-order valence-corrected chi connectivity index (χ4v) is 3.81. The second kappa shape index (κ2) is 8.06. The van der Waals surface area contributed by atoms with E-state index in [-0.39, 0.29) is 23.4 Å². The van der Waals surface area contributed by atoms with Crippen LogP contribution in [0.15, 0.2) is 48.9 Å². The number of phenols is 1. The lowest BCUT2D eigenvalue weighted by molar-refractivity contribution is -0.117. The first-order valence-electron chi connectivity index (χ1n) is 9.74. The molecule has 0 saturated heterocycles. The summed E-state index contributed by atoms with van der Waals surface area (Å²) in [6, 6.07) is 7.89. The molecular formula is C22H22FN5O2. The number of aromatic hydroxyl groups is 1. The van der Waals surface area contributed by atoms with Gasteiger partial charge in [-0.15, -0.1) is 0 Å². The van der Waals surface area contributed by atoms with Gasteiger partial charge in [-0.2, -0.15) is 0 Å². The van der Waals surface area contributed by atoms with Crippen molar-refractivity contribution in [2.24, 2.45) is 5.73 Å². The van der Waals surface area contributed by atoms with Gasteiger partial charge in [-0.3, -0.25) is 9.78 Å². The van der Waals surface area contributed by atoms with Crippen molar-refractivity contribution in [2.45, 2.75) is 31.1 Å². The van der Waals surface area contributed by atoms with E-state index in [1.165, 1.54) is 12.1 Å². The molecule has 0 radical (unpaired) electrons. The van der Waals surface area contributed by atoms with Gasteiger partial charge in [0, 0.05) is 41.7 Å². The van der Waals surface area contributed by atoms with Crippen molar-refractivity contribution in [1.29, 1.82) is 0 Å². The van der Waals surface area contributed by atoms with E-state index >= 15 is 0 Å². The predicted octanol–water partition coefficient (Wildman–Crippen LogP) is 2.94. The van der Waals surface area contributed by atoms with Crippen molar-refractivity contribution >= 4 is 11.9 Å². The van der Waals surface area contributed by atoms with E-state index in [1.54, 1.807) is 36.8 Å². The number of phenolic OH excluding ortho intramolecular Hbond substituents is 1. The Morgan fingerprint density at radius 1 is 1.20 bits per heavy atom. The summed E-state index contributed by atoms with van der Waals surface area (Å²) < 4.78 is 14.2. The van der Waals surface area contributed by atoms with Gasteiger partial charge in [0.2, 0.25) is 11.9 Å². The Morgan fingerprint density at radius 2 is 1.97 bits per heavy atom. The number of hydrogen-bond donors (Lipinski definition) is 3. The van der Waals surface area contributed by atoms with Crippen molar-refractivity contribution in [2.75, 3.05) is 11.9 Å². The van der Waals surface area contributed by atoms with Gasteiger partial charge in [0.1, 0.15) is 11.6 Å². The van der Waals surface area contributed by atoms with Gasteiger partial charge in [-0.25, -0.2) is 14.4 Å². The third-order valence-electron chi connectivity index (χ3n) is 5.56. The molecule has 8 heteroatoms. The Kier molecular flexibility index (Phi) is 5.31. The first-order chi connectivity index (χ1) is 14.5. The summed E-state index contributed by atoms with van der Waals surface area (Å²) in [5, 5.41) is 13.4. The average Bonchev–Trinajstić information content (AvgIpc) is 2.70. The van der Waals surface area contributed by atoms with E-state index in [0.29, 0.717) is 34.9 Å². The lowest BCUT2D eigenvalue weighted by Gasteiger charge is -2.41. The summed E-state index contributed by atoms with van der Waals surface area (Å²) in [5.74, 6) is -0.265. The van der Waals surface area contributed by atoms with Gasteiger partial charge < -0.3 is 16.2 Å². The van der Waals surface area contributed by atoms with E-state index in [4.69, 9.17) is 5.73 Å². The molecule has 0 aliphatic heterocycles. The number of benzene rings is 1. The minimum Gasteiger partial charge on any atom is -0.507 e. The number of aromatic nitrogens is 3. The number of pyridine rings is 1. The fraction of sp³-hybridized carbons (Fsp3) is 0.273. The number of nitrogens with two attached hydrogens (primary N) is 1. The summed E-state index contributed by atoms with van der Waals surface area (Å²) >= 11 is 0. The molecule has 0 atom stereocenters. The van der Waals surface area contributed by atoms with Crippen LogP contribution in [0.25, 0.3) is 11.1 Å². The normalized spacial score (nSPS) is 14.7. The molecule has 1 amide bonds. The van der Waals surface area contributed by atoms with Crippen LogP contribution in [-0.4, -0.2) is 32.5 Å². The second-order valence-electron chi connectivity index (χ2n) is 7.61. The van der Waals surface area contributed by atoms with Crippen LogP contribution in [0.5, 0.6) is 5.75 Å². The molecule has 3 aromatic rings. The van der Waals surface area contributed by atoms with Crippen LogP contribution in [0.3, 0.4) is 0 Å². The van der Waals surface area contributed by atoms with E-state index in [2.05, 4.69) is 20.3 Å². The van der Waals surface area contributed by atoms with Crippen molar-refractivity contribution in [3.05, 3.63) is 66.0 Å². The average molecular weight is 407 g/mol. The van der Waals surface area contributed by atoms with Crippen molar-refractivity contribution in [1.82, 2.24) is 15.0 Å². The third kappa shape index (κ3) is 3.94. The number of halogens is 1. The molecule has 1 aliphatic carbocycles. The van der Waals surface area contributed by atoms with Crippen molar-refractivity contribution in [3.8, 4) is 16.9 Å². The molecule has 30 heavy (non-hydrogen) atoms. The molecule has 1 saturated carbocycles. The second-order valence-corrected chi connectivity index (χ2v) is 7.61. The maximum absolute atomic E-state index is 14.2. The molecule has 1 aromatic carbocycles. The number of rotatable bonds is 7. The molecule has 154 valence electrons. The van der Waals surface area contributed by atoms with Gasteiger partial charge in [0.25, 0.3) is 0 Å². The number of anilines is 1. The molecule has 4 rings (SSSR count).